The van der Waals surface area contributed by atoms with Gasteiger partial charge in [0.2, 0.25) is 0 Å². The molecule has 0 radical (unpaired) electrons. The molecule has 0 aromatic heterocycles. The van der Waals surface area contributed by atoms with Crippen LogP contribution in [-0.2, 0) is 9.53 Å². The topological polar surface area (TPSA) is 50.8 Å². The Morgan fingerprint density at radius 3 is 2.67 bits per heavy atom. The van der Waals surface area contributed by atoms with Gasteiger partial charge in [0.25, 0.3) is 5.91 Å². The summed E-state index contributed by atoms with van der Waals surface area (Å²) in [5.41, 5.74) is 0.953. The molecule has 1 atom stereocenters. The summed E-state index contributed by atoms with van der Waals surface area (Å²) in [6.07, 6.45) is 0. The molecule has 144 valence electrons. The Kier molecular flexibility index (Phi) is 7.04. The summed E-state index contributed by atoms with van der Waals surface area (Å²) in [5, 5.41) is 3.46. The standard InChI is InChI=1S/C20H22ClFN2O3/c21-16-2-1-3-18(12-16)27-14-20(25)23-13-19(24-8-10-26-11-9-24)15-4-6-17(22)7-5-15/h1-7,12,19H,8-11,13-14H2,(H,23,25). The van der Waals surface area contributed by atoms with Crippen molar-refractivity contribution in [2.75, 3.05) is 39.5 Å². The minimum atomic E-state index is -0.279. The van der Waals surface area contributed by atoms with Gasteiger partial charge in [0.15, 0.2) is 6.61 Å². The Bertz CT molecular complexity index is 751. The summed E-state index contributed by atoms with van der Waals surface area (Å²) in [6, 6.07) is 13.2. The first-order valence-corrected chi connectivity index (χ1v) is 9.22. The van der Waals surface area contributed by atoms with Gasteiger partial charge in [-0.1, -0.05) is 29.8 Å². The molecule has 0 bridgehead atoms. The molecule has 2 aromatic rings. The molecule has 1 unspecified atom stereocenters. The van der Waals surface area contributed by atoms with Gasteiger partial charge in [0, 0.05) is 24.7 Å². The van der Waals surface area contributed by atoms with Gasteiger partial charge in [-0.3, -0.25) is 9.69 Å². The van der Waals surface area contributed by atoms with Crippen molar-refractivity contribution in [2.24, 2.45) is 0 Å². The number of benzene rings is 2. The summed E-state index contributed by atoms with van der Waals surface area (Å²) in [6.45, 7) is 3.11. The first kappa shape index (κ1) is 19.6. The lowest BCUT2D eigenvalue weighted by Gasteiger charge is -2.35. The van der Waals surface area contributed by atoms with Gasteiger partial charge in [0.05, 0.1) is 19.3 Å². The van der Waals surface area contributed by atoms with Crippen LogP contribution in [0, 0.1) is 5.82 Å². The Morgan fingerprint density at radius 1 is 1.22 bits per heavy atom. The third-order valence-electron chi connectivity index (χ3n) is 4.40. The van der Waals surface area contributed by atoms with Gasteiger partial charge in [-0.2, -0.15) is 0 Å². The van der Waals surface area contributed by atoms with E-state index in [2.05, 4.69) is 10.2 Å². The monoisotopic (exact) mass is 392 g/mol. The zero-order valence-electron chi connectivity index (χ0n) is 14.9. The lowest BCUT2D eigenvalue weighted by atomic mass is 10.0. The summed E-state index contributed by atoms with van der Waals surface area (Å²) < 4.78 is 24.1. The zero-order valence-corrected chi connectivity index (χ0v) is 15.6. The van der Waals surface area contributed by atoms with E-state index < -0.39 is 0 Å². The van der Waals surface area contributed by atoms with E-state index in [9.17, 15) is 9.18 Å². The highest BCUT2D eigenvalue weighted by Gasteiger charge is 2.23. The molecule has 1 saturated heterocycles. The van der Waals surface area contributed by atoms with Crippen molar-refractivity contribution in [1.29, 1.82) is 0 Å². The number of nitrogens with zero attached hydrogens (tertiary/aromatic N) is 1. The van der Waals surface area contributed by atoms with Gasteiger partial charge in [-0.15, -0.1) is 0 Å². The third kappa shape index (κ3) is 5.92. The molecule has 0 spiro atoms. The first-order chi connectivity index (χ1) is 13.1. The summed E-state index contributed by atoms with van der Waals surface area (Å²) in [7, 11) is 0. The average molecular weight is 393 g/mol. The van der Waals surface area contributed by atoms with Crippen LogP contribution in [0.25, 0.3) is 0 Å². The molecule has 5 nitrogen and oxygen atoms in total. The highest BCUT2D eigenvalue weighted by molar-refractivity contribution is 6.30. The smallest absolute Gasteiger partial charge is 0.258 e. The second-order valence-electron chi connectivity index (χ2n) is 6.27. The molecule has 1 aliphatic rings. The number of rotatable bonds is 7. The van der Waals surface area contributed by atoms with E-state index in [1.807, 2.05) is 0 Å². The fraction of sp³-hybridized carbons (Fsp3) is 0.350. The Hall–Kier alpha value is -2.15. The van der Waals surface area contributed by atoms with Crippen LogP contribution in [0.2, 0.25) is 5.02 Å². The molecular weight excluding hydrogens is 371 g/mol. The van der Waals surface area contributed by atoms with Gasteiger partial charge >= 0.3 is 0 Å². The number of hydrogen-bond donors (Lipinski definition) is 1. The molecule has 2 aromatic carbocycles. The largest absolute Gasteiger partial charge is 0.484 e. The van der Waals surface area contributed by atoms with Crippen LogP contribution in [0.15, 0.2) is 48.5 Å². The normalized spacial score (nSPS) is 15.9. The molecule has 0 aliphatic carbocycles. The number of carbonyl (C=O) groups is 1. The van der Waals surface area contributed by atoms with Crippen molar-refractivity contribution in [3.8, 4) is 5.75 Å². The third-order valence-corrected chi connectivity index (χ3v) is 4.63. The van der Waals surface area contributed by atoms with Crippen molar-refractivity contribution < 1.29 is 18.7 Å². The van der Waals surface area contributed by atoms with Crippen molar-refractivity contribution in [3.05, 3.63) is 64.9 Å². The molecule has 0 saturated carbocycles. The predicted molar refractivity (Wildman–Crippen MR) is 101 cm³/mol. The molecule has 1 fully saturated rings. The lowest BCUT2D eigenvalue weighted by molar-refractivity contribution is -0.123. The van der Waals surface area contributed by atoms with Crippen molar-refractivity contribution >= 4 is 17.5 Å². The zero-order chi connectivity index (χ0) is 19.1. The molecule has 1 aliphatic heterocycles. The van der Waals surface area contributed by atoms with Crippen LogP contribution in [0.4, 0.5) is 4.39 Å². The summed E-state index contributed by atoms with van der Waals surface area (Å²) in [5.74, 6) is 0.0368. The minimum Gasteiger partial charge on any atom is -0.484 e. The summed E-state index contributed by atoms with van der Waals surface area (Å²) >= 11 is 5.90. The first-order valence-electron chi connectivity index (χ1n) is 8.84. The van der Waals surface area contributed by atoms with E-state index in [0.717, 1.165) is 18.7 Å². The van der Waals surface area contributed by atoms with Gasteiger partial charge in [0.1, 0.15) is 11.6 Å². The Labute approximate surface area is 163 Å². The molecule has 1 amide bonds. The number of morpholine rings is 1. The Balaban J connectivity index is 1.58. The quantitative estimate of drug-likeness (QED) is 0.786. The molecule has 1 N–H and O–H groups in total. The molecule has 27 heavy (non-hydrogen) atoms. The van der Waals surface area contributed by atoms with E-state index in [-0.39, 0.29) is 24.4 Å². The average Bonchev–Trinajstić information content (AvgIpc) is 2.69. The molecule has 1 heterocycles. The van der Waals surface area contributed by atoms with E-state index in [1.54, 1.807) is 36.4 Å². The number of halogens is 2. The van der Waals surface area contributed by atoms with Crippen molar-refractivity contribution in [1.82, 2.24) is 10.2 Å². The lowest BCUT2D eigenvalue weighted by Crippen LogP contribution is -2.44. The van der Waals surface area contributed by atoms with Crippen molar-refractivity contribution in [3.63, 3.8) is 0 Å². The van der Waals surface area contributed by atoms with E-state index in [4.69, 9.17) is 21.1 Å². The highest BCUT2D eigenvalue weighted by atomic mass is 35.5. The maximum atomic E-state index is 13.3. The number of carbonyl (C=O) groups excluding carboxylic acids is 1. The van der Waals surface area contributed by atoms with Crippen LogP contribution in [0.5, 0.6) is 5.75 Å². The van der Waals surface area contributed by atoms with Gasteiger partial charge in [-0.25, -0.2) is 4.39 Å². The fourth-order valence-electron chi connectivity index (χ4n) is 3.00. The highest BCUT2D eigenvalue weighted by Crippen LogP contribution is 2.22. The minimum absolute atomic E-state index is 0.0513. The maximum Gasteiger partial charge on any atom is 0.258 e. The van der Waals surface area contributed by atoms with E-state index in [1.165, 1.54) is 12.1 Å². The summed E-state index contributed by atoms with van der Waals surface area (Å²) in [4.78, 5) is 14.4. The predicted octanol–water partition coefficient (Wildman–Crippen LogP) is 3.05. The SMILES string of the molecule is O=C(COc1cccc(Cl)c1)NCC(c1ccc(F)cc1)N1CCOCC1. The van der Waals surface area contributed by atoms with Crippen LogP contribution in [0.3, 0.4) is 0 Å². The van der Waals surface area contributed by atoms with Crippen LogP contribution >= 0.6 is 11.6 Å². The van der Waals surface area contributed by atoms with Gasteiger partial charge in [-0.05, 0) is 35.9 Å². The van der Waals surface area contributed by atoms with Crippen LogP contribution in [0.1, 0.15) is 11.6 Å². The van der Waals surface area contributed by atoms with Gasteiger partial charge < -0.3 is 14.8 Å². The maximum absolute atomic E-state index is 13.3. The second-order valence-corrected chi connectivity index (χ2v) is 6.70. The second kappa shape index (κ2) is 9.69. The van der Waals surface area contributed by atoms with E-state index in [0.29, 0.717) is 30.5 Å². The number of ether oxygens (including phenoxy) is 2. The number of nitrogens with one attached hydrogen (secondary N) is 1. The molecular formula is C20H22ClFN2O3. The van der Waals surface area contributed by atoms with E-state index >= 15 is 0 Å². The van der Waals surface area contributed by atoms with Crippen LogP contribution < -0.4 is 10.1 Å². The number of amides is 1. The fourth-order valence-corrected chi connectivity index (χ4v) is 3.18. The Morgan fingerprint density at radius 2 is 1.96 bits per heavy atom. The van der Waals surface area contributed by atoms with Crippen molar-refractivity contribution in [2.45, 2.75) is 6.04 Å². The van der Waals surface area contributed by atoms with Crippen LogP contribution in [-0.4, -0.2) is 50.3 Å². The number of hydrogen-bond acceptors (Lipinski definition) is 4. The molecule has 3 rings (SSSR count). The molecule has 7 heteroatoms.